The fourth-order valence-corrected chi connectivity index (χ4v) is 7.91. The summed E-state index contributed by atoms with van der Waals surface area (Å²) in [4.78, 5) is 18.1. The van der Waals surface area contributed by atoms with Crippen molar-refractivity contribution in [3.8, 4) is 0 Å². The molecule has 0 bridgehead atoms. The van der Waals surface area contributed by atoms with Crippen LogP contribution < -0.4 is 4.90 Å². The molecular formula is C21H18ClF3N2O3S2. The topological polar surface area (TPSA) is 66.8 Å². The number of amides is 1. The van der Waals surface area contributed by atoms with E-state index in [9.17, 15) is 26.4 Å². The number of halogens is 4. The summed E-state index contributed by atoms with van der Waals surface area (Å²) in [5, 5.41) is -0.242. The maximum absolute atomic E-state index is 13.3. The summed E-state index contributed by atoms with van der Waals surface area (Å²) in [5.74, 6) is -0.812. The Hall–Kier alpha value is -2.04. The zero-order chi connectivity index (χ0) is 23.1. The maximum Gasteiger partial charge on any atom is 0.416 e. The third-order valence-corrected chi connectivity index (χ3v) is 8.82. The van der Waals surface area contributed by atoms with Gasteiger partial charge in [-0.25, -0.2) is 8.42 Å². The predicted molar refractivity (Wildman–Crippen MR) is 120 cm³/mol. The summed E-state index contributed by atoms with van der Waals surface area (Å²) in [6, 6.07) is 11.6. The first kappa shape index (κ1) is 23.1. The molecule has 0 aromatic heterocycles. The number of carbonyl (C=O) groups is 1. The number of nitrogens with zero attached hydrogens (tertiary/aromatic N) is 2. The summed E-state index contributed by atoms with van der Waals surface area (Å²) in [6.07, 6.45) is -4.02. The van der Waals surface area contributed by atoms with E-state index < -0.39 is 38.8 Å². The molecule has 2 fully saturated rings. The summed E-state index contributed by atoms with van der Waals surface area (Å²) < 4.78 is 64.2. The van der Waals surface area contributed by atoms with Crippen LogP contribution in [0.1, 0.15) is 17.5 Å². The summed E-state index contributed by atoms with van der Waals surface area (Å²) in [7, 11) is -3.36. The van der Waals surface area contributed by atoms with E-state index in [1.807, 2.05) is 30.3 Å². The van der Waals surface area contributed by atoms with Crippen molar-refractivity contribution < 1.29 is 26.4 Å². The van der Waals surface area contributed by atoms with Crippen LogP contribution in [0.4, 0.5) is 18.9 Å². The molecule has 11 heteroatoms. The van der Waals surface area contributed by atoms with Gasteiger partial charge in [-0.1, -0.05) is 53.7 Å². The van der Waals surface area contributed by atoms with Crippen LogP contribution in [0.3, 0.4) is 0 Å². The first-order valence-electron chi connectivity index (χ1n) is 9.72. The Kier molecular flexibility index (Phi) is 6.30. The molecule has 0 radical (unpaired) electrons. The van der Waals surface area contributed by atoms with Gasteiger partial charge in [0.2, 0.25) is 5.91 Å². The molecule has 2 heterocycles. The fraction of sp³-hybridized carbons (Fsp3) is 0.333. The highest BCUT2D eigenvalue weighted by Gasteiger charge is 2.50. The van der Waals surface area contributed by atoms with Crippen LogP contribution >= 0.6 is 23.4 Å². The van der Waals surface area contributed by atoms with Gasteiger partial charge in [0.15, 0.2) is 15.0 Å². The van der Waals surface area contributed by atoms with Crippen molar-refractivity contribution in [3.63, 3.8) is 0 Å². The van der Waals surface area contributed by atoms with Crippen LogP contribution in [0.2, 0.25) is 5.02 Å². The lowest BCUT2D eigenvalue weighted by Gasteiger charge is -2.26. The summed E-state index contributed by atoms with van der Waals surface area (Å²) in [5.41, 5.74) is 0.0371. The number of rotatable bonds is 4. The number of thioether (sulfide) groups is 1. The Morgan fingerprint density at radius 2 is 1.88 bits per heavy atom. The minimum atomic E-state index is -4.60. The molecule has 2 aliphatic heterocycles. The maximum atomic E-state index is 13.3. The van der Waals surface area contributed by atoms with Crippen LogP contribution in [0.5, 0.6) is 0 Å². The van der Waals surface area contributed by atoms with Crippen LogP contribution in [0.15, 0.2) is 53.5 Å². The summed E-state index contributed by atoms with van der Waals surface area (Å²) in [6.45, 7) is 0. The molecule has 0 N–H and O–H groups in total. The predicted octanol–water partition coefficient (Wildman–Crippen LogP) is 4.59. The highest BCUT2D eigenvalue weighted by Crippen LogP contribution is 2.44. The normalized spacial score (nSPS) is 23.5. The number of fused-ring (bicyclic) bond motifs is 1. The van der Waals surface area contributed by atoms with E-state index in [-0.39, 0.29) is 33.8 Å². The number of aryl methyl sites for hydroxylation is 1. The Morgan fingerprint density at radius 3 is 2.56 bits per heavy atom. The van der Waals surface area contributed by atoms with E-state index in [1.165, 1.54) is 4.90 Å². The second-order valence-corrected chi connectivity index (χ2v) is 11.4. The van der Waals surface area contributed by atoms with Gasteiger partial charge in [0, 0.05) is 11.7 Å². The van der Waals surface area contributed by atoms with Gasteiger partial charge >= 0.3 is 6.18 Å². The van der Waals surface area contributed by atoms with Gasteiger partial charge in [0.25, 0.3) is 0 Å². The van der Waals surface area contributed by atoms with Crippen molar-refractivity contribution in [1.29, 1.82) is 0 Å². The van der Waals surface area contributed by atoms with Crippen LogP contribution in [-0.2, 0) is 27.2 Å². The smallest absolute Gasteiger partial charge is 0.314 e. The molecule has 2 atom stereocenters. The van der Waals surface area contributed by atoms with Crippen LogP contribution in [0, 0.1) is 0 Å². The number of amidine groups is 1. The summed E-state index contributed by atoms with van der Waals surface area (Å²) >= 11 is 7.32. The molecule has 0 saturated carbocycles. The molecule has 0 aliphatic carbocycles. The van der Waals surface area contributed by atoms with Crippen molar-refractivity contribution in [2.75, 3.05) is 16.4 Å². The van der Waals surface area contributed by atoms with Gasteiger partial charge < -0.3 is 4.90 Å². The van der Waals surface area contributed by atoms with Crippen molar-refractivity contribution in [2.24, 2.45) is 4.99 Å². The van der Waals surface area contributed by atoms with Crippen LogP contribution in [-0.4, -0.2) is 42.3 Å². The average molecular weight is 503 g/mol. The van der Waals surface area contributed by atoms with E-state index in [2.05, 4.69) is 4.99 Å². The van der Waals surface area contributed by atoms with E-state index >= 15 is 0 Å². The zero-order valence-electron chi connectivity index (χ0n) is 16.5. The van der Waals surface area contributed by atoms with Crippen molar-refractivity contribution in [3.05, 3.63) is 64.7 Å². The van der Waals surface area contributed by atoms with Gasteiger partial charge in [-0.2, -0.15) is 18.2 Å². The minimum absolute atomic E-state index is 0.00630. The third kappa shape index (κ3) is 4.97. The van der Waals surface area contributed by atoms with Gasteiger partial charge in [-0.3, -0.25) is 4.79 Å². The molecule has 32 heavy (non-hydrogen) atoms. The molecule has 1 amide bonds. The first-order valence-corrected chi connectivity index (χ1v) is 12.8. The second-order valence-electron chi connectivity index (χ2n) is 7.61. The van der Waals surface area contributed by atoms with E-state index in [1.54, 1.807) is 0 Å². The molecule has 2 unspecified atom stereocenters. The van der Waals surface area contributed by atoms with Gasteiger partial charge in [-0.05, 0) is 30.2 Å². The Labute approximate surface area is 192 Å². The molecule has 2 aromatic carbocycles. The monoisotopic (exact) mass is 502 g/mol. The lowest BCUT2D eigenvalue weighted by Crippen LogP contribution is -2.38. The number of carbonyl (C=O) groups excluding carboxylic acids is 1. The Bertz CT molecular complexity index is 1170. The first-order chi connectivity index (χ1) is 15.0. The minimum Gasteiger partial charge on any atom is -0.314 e. The van der Waals surface area contributed by atoms with E-state index in [4.69, 9.17) is 11.6 Å². The average Bonchev–Trinajstić information content (AvgIpc) is 3.17. The molecule has 2 aromatic rings. The Morgan fingerprint density at radius 1 is 1.16 bits per heavy atom. The number of hydrogen-bond donors (Lipinski definition) is 0. The SMILES string of the molecule is O=C(CCc1ccccc1)N=C1SC2CS(=O)(=O)CC2N1c1cc(C(F)(F)F)ccc1Cl. The number of anilines is 1. The van der Waals surface area contributed by atoms with Crippen LogP contribution in [0.25, 0.3) is 0 Å². The van der Waals surface area contributed by atoms with E-state index in [0.717, 1.165) is 35.5 Å². The molecule has 4 rings (SSSR count). The molecule has 5 nitrogen and oxygen atoms in total. The standard InChI is InChI=1S/C21H18ClF3N2O3S2/c22-15-8-7-14(21(23,24)25)10-16(15)27-17-11-32(29,30)12-18(17)31-20(27)26-19(28)9-6-13-4-2-1-3-5-13/h1-5,7-8,10,17-18H,6,9,11-12H2. The highest BCUT2D eigenvalue weighted by molar-refractivity contribution is 8.16. The van der Waals surface area contributed by atoms with Gasteiger partial charge in [-0.15, -0.1) is 0 Å². The van der Waals surface area contributed by atoms with Crippen molar-refractivity contribution in [2.45, 2.75) is 30.3 Å². The lowest BCUT2D eigenvalue weighted by atomic mass is 10.1. The largest absolute Gasteiger partial charge is 0.416 e. The second kappa shape index (κ2) is 8.72. The number of alkyl halides is 3. The quantitative estimate of drug-likeness (QED) is 0.611. The zero-order valence-corrected chi connectivity index (χ0v) is 18.9. The molecular weight excluding hydrogens is 485 g/mol. The Balaban J connectivity index is 1.66. The lowest BCUT2D eigenvalue weighted by molar-refractivity contribution is -0.137. The van der Waals surface area contributed by atoms with Gasteiger partial charge in [0.1, 0.15) is 0 Å². The van der Waals surface area contributed by atoms with Crippen molar-refractivity contribution >= 4 is 50.0 Å². The third-order valence-electron chi connectivity index (χ3n) is 5.29. The number of hydrogen-bond acceptors (Lipinski definition) is 4. The molecule has 2 saturated heterocycles. The highest BCUT2D eigenvalue weighted by atomic mass is 35.5. The van der Waals surface area contributed by atoms with E-state index in [0.29, 0.717) is 6.42 Å². The molecule has 170 valence electrons. The van der Waals surface area contributed by atoms with Crippen molar-refractivity contribution in [1.82, 2.24) is 0 Å². The molecule has 2 aliphatic rings. The fourth-order valence-electron chi connectivity index (χ4n) is 3.78. The van der Waals surface area contributed by atoms with Gasteiger partial charge in [0.05, 0.1) is 33.8 Å². The number of aliphatic imine (C=N–C) groups is 1. The molecule has 0 spiro atoms. The number of sulfone groups is 1. The number of benzene rings is 2.